The molecule has 1 aromatic rings. The van der Waals surface area contributed by atoms with Crippen LogP contribution in [0.25, 0.3) is 0 Å². The summed E-state index contributed by atoms with van der Waals surface area (Å²) in [6, 6.07) is 1.30. The van der Waals surface area contributed by atoms with Gasteiger partial charge in [-0.25, -0.2) is 4.79 Å². The maximum absolute atomic E-state index is 12.6. The summed E-state index contributed by atoms with van der Waals surface area (Å²) in [5.41, 5.74) is -0.907. The molecular weight excluding hydrogens is 362 g/mol. The molecule has 144 valence electrons. The quantitative estimate of drug-likeness (QED) is 0.675. The van der Waals surface area contributed by atoms with E-state index in [-0.39, 0.29) is 36.8 Å². The summed E-state index contributed by atoms with van der Waals surface area (Å²) < 4.78 is 2.22. The number of hydrogen-bond donors (Lipinski definition) is 1. The van der Waals surface area contributed by atoms with Gasteiger partial charge in [0.05, 0.1) is 6.54 Å². The molecule has 1 aromatic heterocycles. The van der Waals surface area contributed by atoms with Crippen LogP contribution in [0, 0.1) is 0 Å². The number of amides is 2. The molecule has 2 fully saturated rings. The smallest absolute Gasteiger partial charge is 0.331 e. The molecule has 1 unspecified atom stereocenters. The third-order valence-corrected chi connectivity index (χ3v) is 4.88. The van der Waals surface area contributed by atoms with Crippen LogP contribution in [0.4, 0.5) is 0 Å². The zero-order valence-electron chi connectivity index (χ0n) is 14.7. The molecule has 1 atom stereocenters. The average Bonchev–Trinajstić information content (AvgIpc) is 2.62. The highest BCUT2D eigenvalue weighted by Gasteiger charge is 2.31. The summed E-state index contributed by atoms with van der Waals surface area (Å²) in [6.45, 7) is 2.78. The Bertz CT molecular complexity index is 790. The van der Waals surface area contributed by atoms with Crippen LogP contribution in [0.2, 0.25) is 0 Å². The van der Waals surface area contributed by atoms with Gasteiger partial charge in [-0.1, -0.05) is 0 Å². The predicted molar refractivity (Wildman–Crippen MR) is 97.4 cm³/mol. The van der Waals surface area contributed by atoms with Gasteiger partial charge in [0.25, 0.3) is 5.56 Å². The fourth-order valence-corrected chi connectivity index (χ4v) is 3.43. The van der Waals surface area contributed by atoms with Crippen LogP contribution in [0.5, 0.6) is 0 Å². The van der Waals surface area contributed by atoms with Crippen molar-refractivity contribution in [3.8, 4) is 0 Å². The van der Waals surface area contributed by atoms with Crippen molar-refractivity contribution in [3.05, 3.63) is 33.1 Å². The lowest BCUT2D eigenvalue weighted by molar-refractivity contribution is -0.140. The maximum Gasteiger partial charge on any atom is 0.331 e. The highest BCUT2D eigenvalue weighted by Crippen LogP contribution is 2.17. The number of rotatable bonds is 3. The highest BCUT2D eigenvalue weighted by atomic mass is 35.5. The number of carbonyl (C=O) groups is 2. The third kappa shape index (κ3) is 4.16. The van der Waals surface area contributed by atoms with Gasteiger partial charge < -0.3 is 15.1 Å². The van der Waals surface area contributed by atoms with Gasteiger partial charge in [-0.2, -0.15) is 0 Å². The number of piperidine rings is 1. The lowest BCUT2D eigenvalue weighted by Gasteiger charge is -2.41. The zero-order chi connectivity index (χ0) is 18.0. The number of halogens is 1. The molecule has 10 heteroatoms. The minimum absolute atomic E-state index is 0. The predicted octanol–water partition coefficient (Wildman–Crippen LogP) is -1.61. The lowest BCUT2D eigenvalue weighted by Crippen LogP contribution is -2.57. The number of hydrogen-bond acceptors (Lipinski definition) is 5. The van der Waals surface area contributed by atoms with Crippen LogP contribution in [-0.2, 0) is 23.2 Å². The maximum atomic E-state index is 12.6. The molecule has 0 bridgehead atoms. The first-order chi connectivity index (χ1) is 12.0. The molecule has 0 saturated carbocycles. The number of aromatic nitrogens is 2. The molecule has 0 radical (unpaired) electrons. The van der Waals surface area contributed by atoms with Crippen molar-refractivity contribution in [2.45, 2.75) is 25.4 Å². The Kier molecular flexibility index (Phi) is 6.60. The van der Waals surface area contributed by atoms with E-state index in [1.54, 1.807) is 4.90 Å². The Morgan fingerprint density at radius 1 is 1.27 bits per heavy atom. The van der Waals surface area contributed by atoms with Crippen LogP contribution < -0.4 is 16.6 Å². The molecule has 2 saturated heterocycles. The van der Waals surface area contributed by atoms with Crippen molar-refractivity contribution < 1.29 is 9.59 Å². The van der Waals surface area contributed by atoms with E-state index in [0.29, 0.717) is 26.2 Å². The van der Waals surface area contributed by atoms with Crippen LogP contribution in [0.1, 0.15) is 12.8 Å². The molecule has 2 aliphatic rings. The number of piperazine rings is 1. The average molecular weight is 386 g/mol. The summed E-state index contributed by atoms with van der Waals surface area (Å²) in [5, 5.41) is 3.05. The van der Waals surface area contributed by atoms with Gasteiger partial charge in [0.2, 0.25) is 11.8 Å². The second kappa shape index (κ2) is 8.50. The number of nitrogens with zero attached hydrogens (tertiary/aromatic N) is 4. The van der Waals surface area contributed by atoms with E-state index in [1.807, 2.05) is 4.90 Å². The second-order valence-corrected chi connectivity index (χ2v) is 6.52. The van der Waals surface area contributed by atoms with Gasteiger partial charge >= 0.3 is 5.69 Å². The van der Waals surface area contributed by atoms with Crippen molar-refractivity contribution in [2.24, 2.45) is 7.05 Å². The topological polar surface area (TPSA) is 96.7 Å². The third-order valence-electron chi connectivity index (χ3n) is 4.88. The van der Waals surface area contributed by atoms with Crippen molar-refractivity contribution >= 4 is 24.2 Å². The van der Waals surface area contributed by atoms with E-state index < -0.39 is 11.2 Å². The van der Waals surface area contributed by atoms with E-state index in [9.17, 15) is 19.2 Å². The first-order valence-electron chi connectivity index (χ1n) is 8.52. The largest absolute Gasteiger partial charge is 0.339 e. The van der Waals surface area contributed by atoms with Crippen molar-refractivity contribution in [1.82, 2.24) is 24.3 Å². The van der Waals surface area contributed by atoms with Gasteiger partial charge in [0, 0.05) is 51.5 Å². The minimum atomic E-state index is -0.508. The summed E-state index contributed by atoms with van der Waals surface area (Å²) in [6.07, 6.45) is 3.06. The highest BCUT2D eigenvalue weighted by molar-refractivity contribution is 5.85. The molecule has 2 aliphatic heterocycles. The summed E-state index contributed by atoms with van der Waals surface area (Å²) >= 11 is 0. The van der Waals surface area contributed by atoms with Gasteiger partial charge in [0.15, 0.2) is 0 Å². The molecule has 3 rings (SSSR count). The first kappa shape index (κ1) is 20.2. The number of likely N-dealkylation sites (tertiary alicyclic amines) is 1. The van der Waals surface area contributed by atoms with Gasteiger partial charge in [0.1, 0.15) is 6.54 Å². The van der Waals surface area contributed by atoms with Crippen LogP contribution in [0.15, 0.2) is 21.9 Å². The van der Waals surface area contributed by atoms with E-state index in [2.05, 4.69) is 5.32 Å². The van der Waals surface area contributed by atoms with E-state index >= 15 is 0 Å². The number of carbonyl (C=O) groups excluding carboxylic acids is 2. The SMILES string of the molecule is Cl.Cn1c(=O)ccn(CC(=O)N2CCCC(N3CCNCC3=O)C2)c1=O. The second-order valence-electron chi connectivity index (χ2n) is 6.52. The minimum Gasteiger partial charge on any atom is -0.339 e. The van der Waals surface area contributed by atoms with Crippen molar-refractivity contribution in [3.63, 3.8) is 0 Å². The molecule has 3 heterocycles. The van der Waals surface area contributed by atoms with Gasteiger partial charge in [-0.15, -0.1) is 12.4 Å². The molecular formula is C16H24ClN5O4. The van der Waals surface area contributed by atoms with Gasteiger partial charge in [-0.3, -0.25) is 23.5 Å². The molecule has 1 N–H and O–H groups in total. The Balaban J connectivity index is 0.00000243. The van der Waals surface area contributed by atoms with E-state index in [4.69, 9.17) is 0 Å². The molecule has 2 amide bonds. The fraction of sp³-hybridized carbons (Fsp3) is 0.625. The van der Waals surface area contributed by atoms with E-state index in [1.165, 1.54) is 23.9 Å². The van der Waals surface area contributed by atoms with Crippen molar-refractivity contribution in [1.29, 1.82) is 0 Å². The molecule has 9 nitrogen and oxygen atoms in total. The summed E-state index contributed by atoms with van der Waals surface area (Å²) in [5.74, 6) is -0.104. The Morgan fingerprint density at radius 3 is 2.77 bits per heavy atom. The molecule has 26 heavy (non-hydrogen) atoms. The molecule has 0 aliphatic carbocycles. The molecule has 0 aromatic carbocycles. The zero-order valence-corrected chi connectivity index (χ0v) is 15.5. The van der Waals surface area contributed by atoms with Crippen LogP contribution >= 0.6 is 12.4 Å². The number of nitrogens with one attached hydrogen (secondary N) is 1. The Hall–Kier alpha value is -2.13. The monoisotopic (exact) mass is 385 g/mol. The fourth-order valence-electron chi connectivity index (χ4n) is 3.43. The summed E-state index contributed by atoms with van der Waals surface area (Å²) in [7, 11) is 1.39. The summed E-state index contributed by atoms with van der Waals surface area (Å²) in [4.78, 5) is 51.7. The Labute approximate surface area is 157 Å². The normalized spacial score (nSPS) is 20.7. The van der Waals surface area contributed by atoms with Gasteiger partial charge in [-0.05, 0) is 12.8 Å². The van der Waals surface area contributed by atoms with Crippen LogP contribution in [0.3, 0.4) is 0 Å². The van der Waals surface area contributed by atoms with E-state index in [0.717, 1.165) is 24.0 Å². The first-order valence-corrected chi connectivity index (χ1v) is 8.52. The lowest BCUT2D eigenvalue weighted by atomic mass is 10.0. The molecule has 0 spiro atoms. The van der Waals surface area contributed by atoms with Crippen LogP contribution in [-0.4, -0.2) is 69.5 Å². The van der Waals surface area contributed by atoms with Crippen molar-refractivity contribution in [2.75, 3.05) is 32.7 Å². The standard InChI is InChI=1S/C16H23N5O4.ClH/c1-18-13(22)4-7-20(16(18)25)11-15(24)19-6-2-3-12(10-19)21-8-5-17-9-14(21)23;/h4,7,12,17H,2-3,5-6,8-11H2,1H3;1H. The Morgan fingerprint density at radius 2 is 2.04 bits per heavy atom.